The summed E-state index contributed by atoms with van der Waals surface area (Å²) in [4.78, 5) is 15.5. The number of halogens is 1. The van der Waals surface area contributed by atoms with Crippen molar-refractivity contribution in [2.24, 2.45) is 0 Å². The van der Waals surface area contributed by atoms with Crippen molar-refractivity contribution in [2.75, 3.05) is 44.9 Å². The maximum absolute atomic E-state index is 12.9. The lowest BCUT2D eigenvalue weighted by molar-refractivity contribution is 0.0300. The fourth-order valence-corrected chi connectivity index (χ4v) is 5.88. The van der Waals surface area contributed by atoms with Crippen LogP contribution in [0.3, 0.4) is 0 Å². The van der Waals surface area contributed by atoms with Crippen molar-refractivity contribution in [1.29, 1.82) is 0 Å². The van der Waals surface area contributed by atoms with Crippen molar-refractivity contribution in [3.63, 3.8) is 0 Å². The third-order valence-corrected chi connectivity index (χ3v) is 8.23. The number of morpholine rings is 1. The number of hydrogen-bond acceptors (Lipinski definition) is 6. The first kappa shape index (κ1) is 24.4. The lowest BCUT2D eigenvalue weighted by atomic mass is 10.2. The van der Waals surface area contributed by atoms with Gasteiger partial charge < -0.3 is 9.64 Å². The molecule has 1 saturated heterocycles. The molecule has 31 heavy (non-hydrogen) atoms. The number of nitrogens with zero attached hydrogens (tertiary/aromatic N) is 1. The molecule has 0 spiro atoms. The van der Waals surface area contributed by atoms with Crippen LogP contribution in [0.5, 0.6) is 0 Å². The number of carbonyl (C=O) groups excluding carboxylic acids is 1. The molecule has 0 bridgehead atoms. The summed E-state index contributed by atoms with van der Waals surface area (Å²) < 4.78 is 33.5. The van der Waals surface area contributed by atoms with E-state index in [1.165, 1.54) is 17.8 Å². The summed E-state index contributed by atoms with van der Waals surface area (Å²) in [5.41, 5.74) is 1.51. The van der Waals surface area contributed by atoms with Gasteiger partial charge in [-0.2, -0.15) is 11.8 Å². The second-order valence-corrected chi connectivity index (χ2v) is 11.0. The number of rotatable bonds is 9. The van der Waals surface area contributed by atoms with Crippen molar-refractivity contribution in [3.8, 4) is 0 Å². The van der Waals surface area contributed by atoms with Crippen molar-refractivity contribution in [3.05, 3.63) is 58.6 Å². The Balaban J connectivity index is 1.61. The molecule has 10 heteroatoms. The zero-order valence-electron chi connectivity index (χ0n) is 17.2. The molecule has 1 aliphatic rings. The Kier molecular flexibility index (Phi) is 9.12. The van der Waals surface area contributed by atoms with Crippen molar-refractivity contribution >= 4 is 51.1 Å². The van der Waals surface area contributed by atoms with Crippen LogP contribution in [0.4, 0.5) is 0 Å². The van der Waals surface area contributed by atoms with E-state index >= 15 is 0 Å². The highest BCUT2D eigenvalue weighted by Gasteiger charge is 2.23. The maximum atomic E-state index is 12.9. The van der Waals surface area contributed by atoms with E-state index in [1.807, 2.05) is 30.5 Å². The average Bonchev–Trinajstić information content (AvgIpc) is 2.78. The number of thioether (sulfide) groups is 2. The van der Waals surface area contributed by atoms with E-state index in [0.717, 1.165) is 16.2 Å². The van der Waals surface area contributed by atoms with E-state index in [9.17, 15) is 13.2 Å². The van der Waals surface area contributed by atoms with E-state index in [0.29, 0.717) is 49.2 Å². The molecule has 1 amide bonds. The van der Waals surface area contributed by atoms with Gasteiger partial charge >= 0.3 is 0 Å². The Morgan fingerprint density at radius 1 is 1.19 bits per heavy atom. The zero-order chi connectivity index (χ0) is 22.3. The first-order valence-electron chi connectivity index (χ1n) is 9.77. The Hall–Kier alpha value is -1.23. The second kappa shape index (κ2) is 11.6. The van der Waals surface area contributed by atoms with E-state index in [2.05, 4.69) is 4.72 Å². The van der Waals surface area contributed by atoms with Crippen LogP contribution in [-0.4, -0.2) is 64.1 Å². The highest BCUT2D eigenvalue weighted by atomic mass is 35.5. The van der Waals surface area contributed by atoms with Crippen LogP contribution >= 0.6 is 35.1 Å². The van der Waals surface area contributed by atoms with Gasteiger partial charge in [0.1, 0.15) is 0 Å². The van der Waals surface area contributed by atoms with Gasteiger partial charge in [-0.1, -0.05) is 23.7 Å². The molecule has 2 aromatic carbocycles. The van der Waals surface area contributed by atoms with Gasteiger partial charge in [0, 0.05) is 41.1 Å². The molecule has 0 aliphatic carbocycles. The topological polar surface area (TPSA) is 75.7 Å². The highest BCUT2D eigenvalue weighted by molar-refractivity contribution is 7.98. The molecule has 1 fully saturated rings. The van der Waals surface area contributed by atoms with Crippen LogP contribution in [0.15, 0.2) is 52.3 Å². The molecule has 2 aromatic rings. The Morgan fingerprint density at radius 3 is 2.68 bits per heavy atom. The molecule has 1 aliphatic heterocycles. The third kappa shape index (κ3) is 6.87. The molecule has 0 radical (unpaired) electrons. The minimum Gasteiger partial charge on any atom is -0.378 e. The van der Waals surface area contributed by atoms with Crippen LogP contribution in [0.2, 0.25) is 5.02 Å². The molecule has 1 heterocycles. The Bertz CT molecular complexity index is 1010. The lowest BCUT2D eigenvalue weighted by Crippen LogP contribution is -2.41. The smallest absolute Gasteiger partial charge is 0.255 e. The predicted molar refractivity (Wildman–Crippen MR) is 128 cm³/mol. The lowest BCUT2D eigenvalue weighted by Gasteiger charge is -2.27. The second-order valence-electron chi connectivity index (χ2n) is 6.85. The fraction of sp³-hybridized carbons (Fsp3) is 0.381. The number of amides is 1. The van der Waals surface area contributed by atoms with E-state index in [4.69, 9.17) is 16.3 Å². The molecule has 3 rings (SSSR count). The van der Waals surface area contributed by atoms with Gasteiger partial charge in [-0.3, -0.25) is 4.79 Å². The predicted octanol–water partition coefficient (Wildman–Crippen LogP) is 3.75. The van der Waals surface area contributed by atoms with Crippen LogP contribution in [0.25, 0.3) is 0 Å². The Morgan fingerprint density at radius 2 is 1.97 bits per heavy atom. The summed E-state index contributed by atoms with van der Waals surface area (Å²) in [5, 5.41) is 0.690. The normalized spacial score (nSPS) is 14.6. The molecule has 0 unspecified atom stereocenters. The first-order chi connectivity index (χ1) is 14.9. The quantitative estimate of drug-likeness (QED) is 0.417. The van der Waals surface area contributed by atoms with Gasteiger partial charge in [0.2, 0.25) is 10.0 Å². The summed E-state index contributed by atoms with van der Waals surface area (Å²) in [6, 6.07) is 12.3. The van der Waals surface area contributed by atoms with Gasteiger partial charge in [0.05, 0.1) is 23.7 Å². The van der Waals surface area contributed by atoms with Gasteiger partial charge in [-0.15, -0.1) is 11.8 Å². The van der Waals surface area contributed by atoms with E-state index in [-0.39, 0.29) is 10.8 Å². The zero-order valence-corrected chi connectivity index (χ0v) is 20.4. The number of hydrogen-bond donors (Lipinski definition) is 1. The summed E-state index contributed by atoms with van der Waals surface area (Å²) >= 11 is 9.03. The third-order valence-electron chi connectivity index (χ3n) is 4.71. The molecule has 168 valence electrons. The number of benzene rings is 2. The Labute approximate surface area is 197 Å². The number of nitrogens with one attached hydrogen (secondary N) is 1. The van der Waals surface area contributed by atoms with Gasteiger partial charge in [0.25, 0.3) is 5.91 Å². The average molecular weight is 501 g/mol. The summed E-state index contributed by atoms with van der Waals surface area (Å²) in [6.45, 7) is 2.29. The van der Waals surface area contributed by atoms with Crippen LogP contribution in [0.1, 0.15) is 15.9 Å². The van der Waals surface area contributed by atoms with Crippen molar-refractivity contribution in [2.45, 2.75) is 15.5 Å². The molecule has 0 saturated carbocycles. The van der Waals surface area contributed by atoms with Crippen LogP contribution in [0, 0.1) is 0 Å². The van der Waals surface area contributed by atoms with Gasteiger partial charge in [-0.05, 0) is 42.2 Å². The summed E-state index contributed by atoms with van der Waals surface area (Å²) in [6.07, 6.45) is 1.87. The largest absolute Gasteiger partial charge is 0.378 e. The molecule has 0 aromatic heterocycles. The summed E-state index contributed by atoms with van der Waals surface area (Å²) in [7, 11) is -3.71. The number of sulfonamides is 1. The minimum atomic E-state index is -3.71. The number of ether oxygens (including phenoxy) is 1. The maximum Gasteiger partial charge on any atom is 0.255 e. The van der Waals surface area contributed by atoms with Crippen molar-refractivity contribution in [1.82, 2.24) is 9.62 Å². The SMILES string of the molecule is CSc1ccc(S(=O)(=O)NCCSCc2cccc(Cl)c2)cc1C(=O)N1CCOCC1. The van der Waals surface area contributed by atoms with Crippen LogP contribution in [-0.2, 0) is 20.5 Å². The van der Waals surface area contributed by atoms with Crippen molar-refractivity contribution < 1.29 is 17.9 Å². The molecular formula is C21H25ClN2O4S3. The van der Waals surface area contributed by atoms with Crippen LogP contribution < -0.4 is 4.72 Å². The fourth-order valence-electron chi connectivity index (χ4n) is 3.11. The van der Waals surface area contributed by atoms with E-state index in [1.54, 1.807) is 28.8 Å². The highest BCUT2D eigenvalue weighted by Crippen LogP contribution is 2.25. The summed E-state index contributed by atoms with van der Waals surface area (Å²) in [5.74, 6) is 1.21. The van der Waals surface area contributed by atoms with Gasteiger partial charge in [-0.25, -0.2) is 13.1 Å². The standard InChI is InChI=1S/C21H25ClN2O4S3/c1-29-20-6-5-18(14-19(20)21(25)24-8-10-28-11-9-24)31(26,27)23-7-12-30-15-16-3-2-4-17(22)13-16/h2-6,13-14,23H,7-12,15H2,1H3. The molecule has 1 N–H and O–H groups in total. The van der Waals surface area contributed by atoms with Gasteiger partial charge in [0.15, 0.2) is 0 Å². The monoisotopic (exact) mass is 500 g/mol. The molecule has 6 nitrogen and oxygen atoms in total. The first-order valence-corrected chi connectivity index (χ1v) is 14.0. The van der Waals surface area contributed by atoms with E-state index < -0.39 is 10.0 Å². The number of carbonyl (C=O) groups is 1. The minimum absolute atomic E-state index is 0.0988. The molecule has 0 atom stereocenters. The molecular weight excluding hydrogens is 476 g/mol.